The zero-order valence-corrected chi connectivity index (χ0v) is 28.7. The average molecular weight is 607 g/mol. The molecule has 0 bridgehead atoms. The molecule has 0 saturated carbocycles. The first-order valence-corrected chi connectivity index (χ1v) is 18.3. The van der Waals surface area contributed by atoms with Crippen LogP contribution in [0.2, 0.25) is 0 Å². The third-order valence-electron chi connectivity index (χ3n) is 8.09. The molecule has 5 heteroatoms. The number of hydrogen-bond donors (Lipinski definition) is 0. The Kier molecular flexibility index (Phi) is 32.0. The third-order valence-corrected chi connectivity index (χ3v) is 8.09. The molecule has 0 aliphatic rings. The molecule has 0 aliphatic carbocycles. The van der Waals surface area contributed by atoms with Crippen LogP contribution in [0.25, 0.3) is 0 Å². The van der Waals surface area contributed by atoms with Crippen LogP contribution in [0.4, 0.5) is 0 Å². The van der Waals surface area contributed by atoms with E-state index in [1.807, 2.05) is 0 Å². The second-order valence-electron chi connectivity index (χ2n) is 12.5. The number of carbonyl (C=O) groups excluding carboxylic acids is 2. The minimum atomic E-state index is -0.436. The van der Waals surface area contributed by atoms with E-state index < -0.39 is 11.9 Å². The second kappa shape index (κ2) is 33.3. The molecule has 0 radical (unpaired) electrons. The van der Waals surface area contributed by atoms with Crippen LogP contribution < -0.4 is 0 Å². The van der Waals surface area contributed by atoms with Gasteiger partial charge in [-0.3, -0.25) is 0 Å². The van der Waals surface area contributed by atoms with E-state index in [4.69, 9.17) is 14.2 Å². The van der Waals surface area contributed by atoms with Gasteiger partial charge in [-0.2, -0.15) is 0 Å². The fourth-order valence-electron chi connectivity index (χ4n) is 5.19. The van der Waals surface area contributed by atoms with Gasteiger partial charge in [0.05, 0.1) is 37.6 Å². The molecule has 0 aliphatic heterocycles. The summed E-state index contributed by atoms with van der Waals surface area (Å²) in [6.07, 6.45) is 33.3. The Morgan fingerprint density at radius 1 is 0.395 bits per heavy atom. The molecule has 252 valence electrons. The molecule has 0 spiro atoms. The first-order chi connectivity index (χ1) is 21.0. The van der Waals surface area contributed by atoms with E-state index in [0.717, 1.165) is 25.7 Å². The van der Waals surface area contributed by atoms with Crippen molar-refractivity contribution >= 4 is 11.9 Å². The summed E-state index contributed by atoms with van der Waals surface area (Å²) in [5.41, 5.74) is 0.505. The lowest BCUT2D eigenvalue weighted by Crippen LogP contribution is -2.16. The Morgan fingerprint density at radius 2 is 0.628 bits per heavy atom. The molecule has 0 atom stereocenters. The van der Waals surface area contributed by atoms with Crippen LogP contribution in [0.5, 0.6) is 0 Å². The van der Waals surface area contributed by atoms with Gasteiger partial charge in [0, 0.05) is 0 Å². The summed E-state index contributed by atoms with van der Waals surface area (Å²) in [6, 6.07) is 0. The van der Waals surface area contributed by atoms with Crippen molar-refractivity contribution in [1.29, 1.82) is 0 Å². The fourth-order valence-corrected chi connectivity index (χ4v) is 5.19. The summed E-state index contributed by atoms with van der Waals surface area (Å²) in [5, 5.41) is 0. The molecule has 0 fully saturated rings. The van der Waals surface area contributed by atoms with E-state index in [-0.39, 0.29) is 24.4 Å². The molecular weight excluding hydrogens is 536 g/mol. The summed E-state index contributed by atoms with van der Waals surface area (Å²) >= 11 is 0. The van der Waals surface area contributed by atoms with Gasteiger partial charge < -0.3 is 14.2 Å². The van der Waals surface area contributed by atoms with E-state index in [1.165, 1.54) is 141 Å². The van der Waals surface area contributed by atoms with Crippen LogP contribution in [-0.4, -0.2) is 38.4 Å². The van der Waals surface area contributed by atoms with Gasteiger partial charge in [0.25, 0.3) is 0 Å². The summed E-state index contributed by atoms with van der Waals surface area (Å²) in [7, 11) is 0. The van der Waals surface area contributed by atoms with E-state index >= 15 is 0 Å². The minimum absolute atomic E-state index is 0.0165. The summed E-state index contributed by atoms with van der Waals surface area (Å²) in [6.45, 7) is 12.9. The van der Waals surface area contributed by atoms with Crippen molar-refractivity contribution in [3.05, 3.63) is 24.3 Å². The Bertz CT molecular complexity index is 615. The maximum Gasteiger partial charge on any atom is 0.335 e. The van der Waals surface area contributed by atoms with E-state index in [2.05, 4.69) is 27.0 Å². The molecule has 43 heavy (non-hydrogen) atoms. The quantitative estimate of drug-likeness (QED) is 0.0414. The highest BCUT2D eigenvalue weighted by atomic mass is 16.5. The number of esters is 2. The molecule has 0 aromatic rings. The molecule has 0 saturated heterocycles. The van der Waals surface area contributed by atoms with Crippen molar-refractivity contribution in [1.82, 2.24) is 0 Å². The first kappa shape index (κ1) is 41.4. The van der Waals surface area contributed by atoms with Crippen molar-refractivity contribution in [2.24, 2.45) is 0 Å². The van der Waals surface area contributed by atoms with E-state index in [0.29, 0.717) is 13.2 Å². The second-order valence-corrected chi connectivity index (χ2v) is 12.5. The number of carbonyl (C=O) groups is 2. The van der Waals surface area contributed by atoms with Gasteiger partial charge in [0.1, 0.15) is 0 Å². The molecule has 0 heterocycles. The van der Waals surface area contributed by atoms with Crippen molar-refractivity contribution in [2.45, 2.75) is 181 Å². The molecule has 0 N–H and O–H groups in total. The average Bonchev–Trinajstić information content (AvgIpc) is 3.00. The molecular formula is C38H70O5. The first-order valence-electron chi connectivity index (χ1n) is 18.3. The van der Waals surface area contributed by atoms with Crippen molar-refractivity contribution in [2.75, 3.05) is 26.4 Å². The van der Waals surface area contributed by atoms with Gasteiger partial charge in [0.15, 0.2) is 0 Å². The van der Waals surface area contributed by atoms with Crippen LogP contribution >= 0.6 is 0 Å². The molecule has 0 rings (SSSR count). The van der Waals surface area contributed by atoms with Crippen molar-refractivity contribution in [3.63, 3.8) is 0 Å². The molecule has 0 amide bonds. The SMILES string of the molecule is C=C(COCC(=C)C(=O)OCCCCCCCCCCCCCCC)C(=O)OCCCCCCCCCCCCCCC. The number of rotatable bonds is 34. The number of unbranched alkanes of at least 4 members (excludes halogenated alkanes) is 24. The Hall–Kier alpha value is -1.62. The van der Waals surface area contributed by atoms with Crippen LogP contribution in [-0.2, 0) is 23.8 Å². The van der Waals surface area contributed by atoms with Crippen LogP contribution in [0, 0.1) is 0 Å². The highest BCUT2D eigenvalue weighted by molar-refractivity contribution is 5.88. The Labute approximate surface area is 267 Å². The van der Waals surface area contributed by atoms with Crippen LogP contribution in [0.15, 0.2) is 24.3 Å². The van der Waals surface area contributed by atoms with Gasteiger partial charge >= 0.3 is 11.9 Å². The van der Waals surface area contributed by atoms with Gasteiger partial charge in [-0.25, -0.2) is 9.59 Å². The Balaban J connectivity index is 3.52. The number of hydrogen-bond acceptors (Lipinski definition) is 5. The van der Waals surface area contributed by atoms with Gasteiger partial charge in [-0.15, -0.1) is 0 Å². The van der Waals surface area contributed by atoms with Gasteiger partial charge in [0.2, 0.25) is 0 Å². The van der Waals surface area contributed by atoms with E-state index in [9.17, 15) is 9.59 Å². The normalized spacial score (nSPS) is 11.0. The predicted molar refractivity (Wildman–Crippen MR) is 182 cm³/mol. The van der Waals surface area contributed by atoms with Crippen molar-refractivity contribution < 1.29 is 23.8 Å². The maximum absolute atomic E-state index is 12.1. The smallest absolute Gasteiger partial charge is 0.335 e. The minimum Gasteiger partial charge on any atom is -0.462 e. The topological polar surface area (TPSA) is 61.8 Å². The highest BCUT2D eigenvalue weighted by Crippen LogP contribution is 2.14. The predicted octanol–water partition coefficient (Wildman–Crippen LogP) is 11.4. The van der Waals surface area contributed by atoms with Gasteiger partial charge in [-0.1, -0.05) is 181 Å². The largest absolute Gasteiger partial charge is 0.462 e. The lowest BCUT2D eigenvalue weighted by Gasteiger charge is -2.10. The maximum atomic E-state index is 12.1. The standard InChI is InChI=1S/C38H70O5/c1-5-7-9-11-13-15-17-19-21-23-25-27-29-31-42-37(39)35(3)33-41-34-36(4)38(40)43-32-30-28-26-24-22-20-18-16-14-12-10-8-6-2/h3-34H2,1-2H3. The number of ether oxygens (including phenoxy) is 3. The van der Waals surface area contributed by atoms with Crippen LogP contribution in [0.3, 0.4) is 0 Å². The summed E-state index contributed by atoms with van der Waals surface area (Å²) < 4.78 is 16.1. The monoisotopic (exact) mass is 607 g/mol. The molecule has 0 unspecified atom stereocenters. The van der Waals surface area contributed by atoms with Crippen molar-refractivity contribution in [3.8, 4) is 0 Å². The highest BCUT2D eigenvalue weighted by Gasteiger charge is 2.12. The van der Waals surface area contributed by atoms with Crippen LogP contribution in [0.1, 0.15) is 181 Å². The zero-order chi connectivity index (χ0) is 31.6. The molecule has 0 aromatic carbocycles. The molecule has 0 aromatic heterocycles. The zero-order valence-electron chi connectivity index (χ0n) is 28.7. The van der Waals surface area contributed by atoms with Gasteiger partial charge in [-0.05, 0) is 12.8 Å². The fraction of sp³-hybridized carbons (Fsp3) is 0.842. The molecule has 5 nitrogen and oxygen atoms in total. The van der Waals surface area contributed by atoms with E-state index in [1.54, 1.807) is 0 Å². The lowest BCUT2D eigenvalue weighted by molar-refractivity contribution is -0.139. The lowest BCUT2D eigenvalue weighted by atomic mass is 10.0. The summed E-state index contributed by atoms with van der Waals surface area (Å²) in [4.78, 5) is 24.2. The third kappa shape index (κ3) is 30.2. The summed E-state index contributed by atoms with van der Waals surface area (Å²) in [5.74, 6) is -0.871. The Morgan fingerprint density at radius 3 is 0.884 bits per heavy atom.